The van der Waals surface area contributed by atoms with Gasteiger partial charge in [0, 0.05) is 18.5 Å². The molecule has 1 aromatic heterocycles. The molecular formula is C25H27FN2O3. The number of anilines is 1. The van der Waals surface area contributed by atoms with Crippen molar-refractivity contribution in [2.24, 2.45) is 11.8 Å². The van der Waals surface area contributed by atoms with Crippen LogP contribution in [0.25, 0.3) is 10.9 Å². The Morgan fingerprint density at radius 2 is 1.81 bits per heavy atom. The van der Waals surface area contributed by atoms with Crippen molar-refractivity contribution in [2.75, 3.05) is 25.1 Å². The van der Waals surface area contributed by atoms with Crippen molar-refractivity contribution in [1.82, 2.24) is 4.98 Å². The van der Waals surface area contributed by atoms with Crippen molar-refractivity contribution in [2.45, 2.75) is 32.0 Å². The van der Waals surface area contributed by atoms with Crippen molar-refractivity contribution in [3.05, 3.63) is 59.9 Å². The van der Waals surface area contributed by atoms with Gasteiger partial charge in [0.15, 0.2) is 0 Å². The Kier molecular flexibility index (Phi) is 5.18. The van der Waals surface area contributed by atoms with E-state index in [1.165, 1.54) is 17.7 Å². The minimum absolute atomic E-state index is 0.280. The lowest BCUT2D eigenvalue weighted by atomic mass is 9.78. The summed E-state index contributed by atoms with van der Waals surface area (Å²) in [5, 5.41) is 11.8. The van der Waals surface area contributed by atoms with Gasteiger partial charge in [0.25, 0.3) is 0 Å². The predicted molar refractivity (Wildman–Crippen MR) is 118 cm³/mol. The Morgan fingerprint density at radius 3 is 2.55 bits per heavy atom. The quantitative estimate of drug-likeness (QED) is 0.678. The van der Waals surface area contributed by atoms with Crippen LogP contribution in [0.3, 0.4) is 0 Å². The maximum atomic E-state index is 13.2. The number of aliphatic hydroxyl groups is 1. The molecule has 1 saturated carbocycles. The average Bonchev–Trinajstić information content (AvgIpc) is 3.18. The van der Waals surface area contributed by atoms with Crippen LogP contribution in [-0.2, 0) is 0 Å². The van der Waals surface area contributed by atoms with Crippen molar-refractivity contribution >= 4 is 16.7 Å². The summed E-state index contributed by atoms with van der Waals surface area (Å²) in [6, 6.07) is 14.1. The normalized spacial score (nSPS) is 25.5. The van der Waals surface area contributed by atoms with Gasteiger partial charge in [0.05, 0.1) is 13.2 Å². The first-order valence-corrected chi connectivity index (χ1v) is 10.8. The molecule has 0 bridgehead atoms. The number of aliphatic hydroxyl groups excluding tert-OH is 1. The Bertz CT molecular complexity index is 1090. The van der Waals surface area contributed by atoms with E-state index in [-0.39, 0.29) is 11.9 Å². The molecule has 0 amide bonds. The van der Waals surface area contributed by atoms with Gasteiger partial charge in [0.1, 0.15) is 34.8 Å². The number of ether oxygens (including phenoxy) is 2. The number of nitrogens with zero attached hydrogens (tertiary/aromatic N) is 2. The van der Waals surface area contributed by atoms with Gasteiger partial charge < -0.3 is 19.5 Å². The maximum Gasteiger partial charge on any atom is 0.145 e. The fourth-order valence-corrected chi connectivity index (χ4v) is 5.09. The highest BCUT2D eigenvalue weighted by Crippen LogP contribution is 2.40. The van der Waals surface area contributed by atoms with E-state index in [9.17, 15) is 9.50 Å². The lowest BCUT2D eigenvalue weighted by molar-refractivity contribution is -0.0231. The molecular weight excluding hydrogens is 395 g/mol. The van der Waals surface area contributed by atoms with Crippen LogP contribution in [0.1, 0.15) is 18.4 Å². The number of hydrogen-bond donors (Lipinski definition) is 1. The fraction of sp³-hybridized carbons (Fsp3) is 0.400. The number of hydrogen-bond acceptors (Lipinski definition) is 5. The van der Waals surface area contributed by atoms with Gasteiger partial charge in [-0.3, -0.25) is 0 Å². The van der Waals surface area contributed by atoms with Crippen LogP contribution in [0.15, 0.2) is 48.5 Å². The third-order valence-electron chi connectivity index (χ3n) is 6.73. The molecule has 1 aliphatic carbocycles. The monoisotopic (exact) mass is 422 g/mol. The minimum atomic E-state index is -0.530. The lowest BCUT2D eigenvalue weighted by Gasteiger charge is -2.35. The number of halogens is 1. The number of pyridine rings is 1. The zero-order valence-corrected chi connectivity index (χ0v) is 17.8. The second-order valence-electron chi connectivity index (χ2n) is 8.73. The first-order valence-electron chi connectivity index (χ1n) is 10.8. The van der Waals surface area contributed by atoms with Crippen LogP contribution in [0.5, 0.6) is 11.5 Å². The van der Waals surface area contributed by atoms with Gasteiger partial charge in [-0.2, -0.15) is 0 Å². The summed E-state index contributed by atoms with van der Waals surface area (Å²) in [4.78, 5) is 7.25. The minimum Gasteiger partial charge on any atom is -0.494 e. The molecule has 5 rings (SSSR count). The molecule has 2 heterocycles. The van der Waals surface area contributed by atoms with Crippen molar-refractivity contribution in [3.8, 4) is 11.5 Å². The Balaban J connectivity index is 1.35. The Hall–Kier alpha value is -2.86. The molecule has 0 spiro atoms. The summed E-state index contributed by atoms with van der Waals surface area (Å²) in [6.45, 7) is 3.86. The molecule has 1 N–H and O–H groups in total. The fourth-order valence-electron chi connectivity index (χ4n) is 5.09. The van der Waals surface area contributed by atoms with E-state index >= 15 is 0 Å². The van der Waals surface area contributed by atoms with Crippen LogP contribution in [0, 0.1) is 24.6 Å². The van der Waals surface area contributed by atoms with Gasteiger partial charge in [-0.05, 0) is 73.6 Å². The summed E-state index contributed by atoms with van der Waals surface area (Å²) in [5.41, 5.74) is 2.05. The summed E-state index contributed by atoms with van der Waals surface area (Å²) in [5.74, 6) is 2.86. The highest BCUT2D eigenvalue weighted by atomic mass is 19.1. The number of para-hydroxylation sites is 1. The van der Waals surface area contributed by atoms with Crippen LogP contribution < -0.4 is 14.4 Å². The standard InChI is InChI=1S/C25H27FN2O3/c1-15-10-24(27-25-20(15)4-3-5-22(25)30-2)28-13-16-11-21(29)23(12-17(16)14-28)31-19-8-6-18(26)7-9-19/h3-10,16-17,21,23,29H,11-14H2,1-2H3/t16-,17+,21+,23+/m0/s1. The zero-order valence-electron chi connectivity index (χ0n) is 17.8. The van der Waals surface area contributed by atoms with Crippen LogP contribution in [0.4, 0.5) is 10.2 Å². The first-order chi connectivity index (χ1) is 15.0. The van der Waals surface area contributed by atoms with E-state index in [1.807, 2.05) is 12.1 Å². The molecule has 1 aliphatic heterocycles. The summed E-state index contributed by atoms with van der Waals surface area (Å²) < 4.78 is 24.7. The van der Waals surface area contributed by atoms with Gasteiger partial charge >= 0.3 is 0 Å². The Labute approximate surface area is 181 Å². The molecule has 2 aliphatic rings. The summed E-state index contributed by atoms with van der Waals surface area (Å²) >= 11 is 0. The second-order valence-corrected chi connectivity index (χ2v) is 8.73. The van der Waals surface area contributed by atoms with Crippen LogP contribution in [-0.4, -0.2) is 42.5 Å². The number of rotatable bonds is 4. The molecule has 0 unspecified atom stereocenters. The van der Waals surface area contributed by atoms with E-state index in [1.54, 1.807) is 19.2 Å². The number of aryl methyl sites for hydroxylation is 1. The van der Waals surface area contributed by atoms with Crippen LogP contribution in [0.2, 0.25) is 0 Å². The summed E-state index contributed by atoms with van der Waals surface area (Å²) in [6.07, 6.45) is 0.661. The molecule has 3 aromatic rings. The van der Waals surface area contributed by atoms with E-state index in [4.69, 9.17) is 14.5 Å². The van der Waals surface area contributed by atoms with E-state index in [2.05, 4.69) is 24.0 Å². The molecule has 31 heavy (non-hydrogen) atoms. The van der Waals surface area contributed by atoms with Gasteiger partial charge in [-0.15, -0.1) is 0 Å². The van der Waals surface area contributed by atoms with Gasteiger partial charge in [0.2, 0.25) is 0 Å². The highest BCUT2D eigenvalue weighted by Gasteiger charge is 2.43. The molecule has 5 nitrogen and oxygen atoms in total. The molecule has 2 aromatic carbocycles. The number of fused-ring (bicyclic) bond motifs is 2. The molecule has 1 saturated heterocycles. The topological polar surface area (TPSA) is 54.8 Å². The maximum absolute atomic E-state index is 13.2. The summed E-state index contributed by atoms with van der Waals surface area (Å²) in [7, 11) is 1.67. The van der Waals surface area contributed by atoms with Crippen molar-refractivity contribution in [3.63, 3.8) is 0 Å². The third-order valence-corrected chi connectivity index (χ3v) is 6.73. The molecule has 162 valence electrons. The smallest absolute Gasteiger partial charge is 0.145 e. The largest absolute Gasteiger partial charge is 0.494 e. The SMILES string of the molecule is COc1cccc2c(C)cc(N3C[C@H]4C[C@@H](Oc5ccc(F)cc5)[C@H](O)C[C@H]4C3)nc12. The average molecular weight is 423 g/mol. The zero-order chi connectivity index (χ0) is 21.5. The Morgan fingerprint density at radius 1 is 1.06 bits per heavy atom. The van der Waals surface area contributed by atoms with Crippen molar-refractivity contribution < 1.29 is 19.0 Å². The second kappa shape index (κ2) is 8.00. The van der Waals surface area contributed by atoms with E-state index in [0.29, 0.717) is 24.0 Å². The molecule has 0 radical (unpaired) electrons. The highest BCUT2D eigenvalue weighted by molar-refractivity contribution is 5.88. The lowest BCUT2D eigenvalue weighted by Crippen LogP contribution is -2.42. The van der Waals surface area contributed by atoms with Gasteiger partial charge in [-0.1, -0.05) is 12.1 Å². The van der Waals surface area contributed by atoms with E-state index < -0.39 is 6.10 Å². The first kappa shape index (κ1) is 20.1. The third kappa shape index (κ3) is 3.81. The molecule has 4 atom stereocenters. The molecule has 6 heteroatoms. The van der Waals surface area contributed by atoms with E-state index in [0.717, 1.165) is 42.0 Å². The van der Waals surface area contributed by atoms with Crippen molar-refractivity contribution in [1.29, 1.82) is 0 Å². The number of aromatic nitrogens is 1. The number of methoxy groups -OCH3 is 1. The predicted octanol–water partition coefficient (Wildman–Crippen LogP) is 4.35. The molecule has 2 fully saturated rings. The number of benzene rings is 2. The van der Waals surface area contributed by atoms with Gasteiger partial charge in [-0.25, -0.2) is 9.37 Å². The van der Waals surface area contributed by atoms with Crippen LogP contribution >= 0.6 is 0 Å².